The van der Waals surface area contributed by atoms with E-state index < -0.39 is 20.0 Å². The minimum absolute atomic E-state index is 0. The van der Waals surface area contributed by atoms with Gasteiger partial charge >= 0.3 is 0 Å². The number of sulfonamides is 2. The van der Waals surface area contributed by atoms with Crippen LogP contribution in [-0.4, -0.2) is 43.0 Å². The van der Waals surface area contributed by atoms with Crippen LogP contribution >= 0.6 is 12.4 Å². The number of rotatable bonds is 5. The third-order valence-electron chi connectivity index (χ3n) is 4.10. The van der Waals surface area contributed by atoms with Crippen LogP contribution in [0, 0.1) is 11.8 Å². The smallest absolute Gasteiger partial charge is 0.240 e. The van der Waals surface area contributed by atoms with E-state index in [1.165, 1.54) is 31.3 Å². The molecule has 0 spiro atoms. The van der Waals surface area contributed by atoms with Crippen molar-refractivity contribution in [3.63, 3.8) is 0 Å². The molecule has 0 aromatic heterocycles. The molecule has 10 heteroatoms. The Hall–Kier alpha value is -0.710. The number of nitrogens with one attached hydrogen (secondary N) is 3. The van der Waals surface area contributed by atoms with Gasteiger partial charge in [-0.25, -0.2) is 26.3 Å². The van der Waals surface area contributed by atoms with E-state index in [9.17, 15) is 16.8 Å². The van der Waals surface area contributed by atoms with Crippen molar-refractivity contribution in [1.82, 2.24) is 14.8 Å². The van der Waals surface area contributed by atoms with Crippen molar-refractivity contribution in [1.29, 1.82) is 0 Å². The molecule has 1 aromatic carbocycles. The van der Waals surface area contributed by atoms with E-state index in [0.717, 1.165) is 13.1 Å². The monoisotopic (exact) mass is 367 g/mol. The first-order valence-electron chi connectivity index (χ1n) is 6.62. The van der Waals surface area contributed by atoms with Crippen LogP contribution in [0.25, 0.3) is 0 Å². The summed E-state index contributed by atoms with van der Waals surface area (Å²) in [6.07, 6.45) is 0. The Balaban J connectivity index is 0.00000176. The maximum atomic E-state index is 12.2. The molecule has 1 aliphatic carbocycles. The van der Waals surface area contributed by atoms with E-state index in [0.29, 0.717) is 11.8 Å². The van der Waals surface area contributed by atoms with Crippen molar-refractivity contribution >= 4 is 32.5 Å². The molecule has 2 fully saturated rings. The maximum Gasteiger partial charge on any atom is 0.240 e. The average molecular weight is 368 g/mol. The molecule has 7 nitrogen and oxygen atoms in total. The fourth-order valence-electron chi connectivity index (χ4n) is 2.76. The van der Waals surface area contributed by atoms with E-state index in [-0.39, 0.29) is 28.2 Å². The number of piperidine rings is 1. The first-order chi connectivity index (χ1) is 9.85. The fraction of sp³-hybridized carbons (Fsp3) is 0.500. The SMILES string of the molecule is CNS(=O)(=O)c1ccc(S(=O)(=O)NC2C3CNCC32)cc1.Cl. The van der Waals surface area contributed by atoms with Gasteiger partial charge in [0.15, 0.2) is 0 Å². The standard InChI is InChI=1S/C12H17N3O4S2.ClH/c1-13-20(16,17)8-2-4-9(5-3-8)21(18,19)15-12-10-6-14-7-11(10)12;/h2-5,10-15H,6-7H2,1H3;1H. The maximum absolute atomic E-state index is 12.2. The molecule has 22 heavy (non-hydrogen) atoms. The zero-order chi connectivity index (χ0) is 15.3. The summed E-state index contributed by atoms with van der Waals surface area (Å²) in [5.41, 5.74) is 0. The fourth-order valence-corrected chi connectivity index (χ4v) is 4.82. The predicted octanol–water partition coefficient (Wildman–Crippen LogP) is -0.487. The Morgan fingerprint density at radius 2 is 1.41 bits per heavy atom. The second kappa shape index (κ2) is 6.06. The van der Waals surface area contributed by atoms with Crippen LogP contribution in [0.2, 0.25) is 0 Å². The topological polar surface area (TPSA) is 104 Å². The van der Waals surface area contributed by atoms with Crippen LogP contribution in [0.1, 0.15) is 0 Å². The lowest BCUT2D eigenvalue weighted by atomic mass is 10.4. The highest BCUT2D eigenvalue weighted by molar-refractivity contribution is 7.90. The molecule has 2 aliphatic rings. The highest BCUT2D eigenvalue weighted by atomic mass is 35.5. The van der Waals surface area contributed by atoms with Gasteiger partial charge in [0.2, 0.25) is 20.0 Å². The molecule has 1 aliphatic heterocycles. The molecule has 3 N–H and O–H groups in total. The zero-order valence-electron chi connectivity index (χ0n) is 11.8. The summed E-state index contributed by atoms with van der Waals surface area (Å²) in [6, 6.07) is 5.19. The van der Waals surface area contributed by atoms with Crippen LogP contribution < -0.4 is 14.8 Å². The van der Waals surface area contributed by atoms with Gasteiger partial charge in [0, 0.05) is 6.04 Å². The molecule has 1 saturated carbocycles. The molecule has 124 valence electrons. The summed E-state index contributed by atoms with van der Waals surface area (Å²) in [6.45, 7) is 1.69. The van der Waals surface area contributed by atoms with Crippen molar-refractivity contribution in [3.8, 4) is 0 Å². The highest BCUT2D eigenvalue weighted by Crippen LogP contribution is 2.42. The third-order valence-corrected chi connectivity index (χ3v) is 7.00. The molecule has 1 saturated heterocycles. The van der Waals surface area contributed by atoms with Gasteiger partial charge in [-0.05, 0) is 56.2 Å². The lowest BCUT2D eigenvalue weighted by Gasteiger charge is -2.09. The molecule has 1 heterocycles. The van der Waals surface area contributed by atoms with E-state index in [2.05, 4.69) is 14.8 Å². The summed E-state index contributed by atoms with van der Waals surface area (Å²) in [5, 5.41) is 3.20. The van der Waals surface area contributed by atoms with Gasteiger partial charge in [0.05, 0.1) is 9.79 Å². The predicted molar refractivity (Wildman–Crippen MR) is 83.9 cm³/mol. The Labute approximate surface area is 136 Å². The second-order valence-electron chi connectivity index (χ2n) is 5.31. The largest absolute Gasteiger partial charge is 0.316 e. The van der Waals surface area contributed by atoms with Crippen molar-refractivity contribution in [3.05, 3.63) is 24.3 Å². The summed E-state index contributed by atoms with van der Waals surface area (Å²) < 4.78 is 52.6. The molecule has 0 bridgehead atoms. The van der Waals surface area contributed by atoms with Crippen molar-refractivity contribution in [2.45, 2.75) is 15.8 Å². The normalized spacial score (nSPS) is 27.0. The van der Waals surface area contributed by atoms with Gasteiger partial charge in [-0.1, -0.05) is 0 Å². The molecule has 2 unspecified atom stereocenters. The highest BCUT2D eigenvalue weighted by Gasteiger charge is 2.54. The third kappa shape index (κ3) is 3.15. The molecule has 0 amide bonds. The number of benzene rings is 1. The molecule has 2 atom stereocenters. The van der Waals surface area contributed by atoms with Crippen LogP contribution in [0.15, 0.2) is 34.1 Å². The lowest BCUT2D eigenvalue weighted by Crippen LogP contribution is -2.32. The van der Waals surface area contributed by atoms with Gasteiger partial charge in [0.25, 0.3) is 0 Å². The van der Waals surface area contributed by atoms with Crippen LogP contribution in [0.3, 0.4) is 0 Å². The van der Waals surface area contributed by atoms with E-state index in [4.69, 9.17) is 0 Å². The van der Waals surface area contributed by atoms with Crippen LogP contribution in [0.5, 0.6) is 0 Å². The summed E-state index contributed by atoms with van der Waals surface area (Å²) in [4.78, 5) is 0.118. The number of fused-ring (bicyclic) bond motifs is 1. The first kappa shape index (κ1) is 17.6. The molecular formula is C12H18ClN3O4S2. The van der Waals surface area contributed by atoms with Crippen LogP contribution in [0.4, 0.5) is 0 Å². The van der Waals surface area contributed by atoms with Crippen molar-refractivity contribution in [2.24, 2.45) is 11.8 Å². The van der Waals surface area contributed by atoms with Gasteiger partial charge in [-0.3, -0.25) is 0 Å². The number of hydrogen-bond donors (Lipinski definition) is 3. The van der Waals surface area contributed by atoms with Gasteiger partial charge in [0.1, 0.15) is 0 Å². The lowest BCUT2D eigenvalue weighted by molar-refractivity contribution is 0.564. The van der Waals surface area contributed by atoms with Crippen molar-refractivity contribution in [2.75, 3.05) is 20.1 Å². The van der Waals surface area contributed by atoms with Gasteiger partial charge < -0.3 is 5.32 Å². The summed E-state index contributed by atoms with van der Waals surface area (Å²) in [5.74, 6) is 0.757. The Bertz CT molecular complexity index is 739. The summed E-state index contributed by atoms with van der Waals surface area (Å²) >= 11 is 0. The number of hydrogen-bond acceptors (Lipinski definition) is 5. The molecule has 0 radical (unpaired) electrons. The quantitative estimate of drug-likeness (QED) is 0.651. The van der Waals surface area contributed by atoms with E-state index in [1.54, 1.807) is 0 Å². The van der Waals surface area contributed by atoms with Gasteiger partial charge in [-0.2, -0.15) is 0 Å². The Kier molecular flexibility index (Phi) is 4.86. The van der Waals surface area contributed by atoms with E-state index in [1.807, 2.05) is 0 Å². The van der Waals surface area contributed by atoms with E-state index >= 15 is 0 Å². The average Bonchev–Trinajstić information content (AvgIpc) is 2.89. The molecule has 1 aromatic rings. The molecular weight excluding hydrogens is 350 g/mol. The van der Waals surface area contributed by atoms with Gasteiger partial charge in [-0.15, -0.1) is 12.4 Å². The Morgan fingerprint density at radius 1 is 0.955 bits per heavy atom. The zero-order valence-corrected chi connectivity index (χ0v) is 14.3. The minimum atomic E-state index is -3.60. The van der Waals surface area contributed by atoms with Crippen molar-refractivity contribution < 1.29 is 16.8 Å². The van der Waals surface area contributed by atoms with Crippen LogP contribution in [-0.2, 0) is 20.0 Å². The second-order valence-corrected chi connectivity index (χ2v) is 8.91. The summed E-state index contributed by atoms with van der Waals surface area (Å²) in [7, 11) is -5.85. The number of halogens is 1. The first-order valence-corrected chi connectivity index (χ1v) is 9.58. The molecule has 3 rings (SSSR count). The Morgan fingerprint density at radius 3 is 1.86 bits per heavy atom. The minimum Gasteiger partial charge on any atom is -0.316 e.